The maximum absolute atomic E-state index is 6.04. The third-order valence-electron chi connectivity index (χ3n) is 6.90. The Morgan fingerprint density at radius 3 is 1.50 bits per heavy atom. The SMILES string of the molecule is BrB(Br)c1ccccc1.Brc1cccc2c1oc1ccccc12.c1ccc(-c2cccc3c2oc2ccccc23)cc1. The van der Waals surface area contributed by atoms with Gasteiger partial charge >= 0.3 is 4.36 Å². The summed E-state index contributed by atoms with van der Waals surface area (Å²) in [5, 5.41) is 4.69. The molecule has 0 saturated carbocycles. The predicted octanol–water partition coefficient (Wildman–Crippen LogP) is 11.8. The highest BCUT2D eigenvalue weighted by Gasteiger charge is 2.11. The van der Waals surface area contributed by atoms with Gasteiger partial charge < -0.3 is 8.83 Å². The summed E-state index contributed by atoms with van der Waals surface area (Å²) in [4.78, 5) is 0. The fourth-order valence-corrected chi connectivity index (χ4v) is 5.96. The van der Waals surface area contributed by atoms with E-state index in [1.807, 2.05) is 72.8 Å². The smallest absolute Gasteiger partial charge is 0.329 e. The van der Waals surface area contributed by atoms with E-state index in [9.17, 15) is 0 Å². The predicted molar refractivity (Wildman–Crippen MR) is 190 cm³/mol. The Hall–Kier alpha value is -3.58. The third-order valence-corrected chi connectivity index (χ3v) is 8.58. The van der Waals surface area contributed by atoms with Crippen LogP contribution in [0.2, 0.25) is 0 Å². The molecule has 6 heteroatoms. The summed E-state index contributed by atoms with van der Waals surface area (Å²) >= 11 is 10.3. The van der Waals surface area contributed by atoms with Crippen molar-refractivity contribution in [2.45, 2.75) is 0 Å². The molecular weight excluding hydrogens is 715 g/mol. The molecule has 0 bridgehead atoms. The lowest BCUT2D eigenvalue weighted by atomic mass is 9.96. The summed E-state index contributed by atoms with van der Waals surface area (Å²) in [5.74, 6) is 0. The standard InChI is InChI=1S/C18H12O.C12H7BrO.C6H5BBr2/c1-2-7-13(8-3-1)14-10-6-11-16-15-9-4-5-12-17(15)19-18(14)16;13-10-6-3-5-9-8-4-1-2-7-11(8)14-12(9)10;8-7(9)6-4-2-1-3-5-6/h1-12H;1-7H;1-5H. The van der Waals surface area contributed by atoms with Crippen molar-refractivity contribution < 1.29 is 8.83 Å². The lowest BCUT2D eigenvalue weighted by Crippen LogP contribution is -2.15. The monoisotopic (exact) mass is 736 g/mol. The molecule has 0 radical (unpaired) electrons. The van der Waals surface area contributed by atoms with Gasteiger partial charge in [0.1, 0.15) is 22.3 Å². The number of hydrogen-bond donors (Lipinski definition) is 0. The maximum atomic E-state index is 6.04. The molecule has 0 unspecified atom stereocenters. The van der Waals surface area contributed by atoms with E-state index in [1.54, 1.807) is 0 Å². The van der Waals surface area contributed by atoms with Crippen molar-refractivity contribution in [3.05, 3.63) is 150 Å². The first-order valence-corrected chi connectivity index (χ1v) is 16.1. The first-order chi connectivity index (χ1) is 20.6. The van der Waals surface area contributed by atoms with E-state index >= 15 is 0 Å². The van der Waals surface area contributed by atoms with Crippen LogP contribution in [0.5, 0.6) is 0 Å². The summed E-state index contributed by atoms with van der Waals surface area (Å²) in [6.45, 7) is 0. The average Bonchev–Trinajstić information content (AvgIpc) is 3.62. The van der Waals surface area contributed by atoms with Crippen LogP contribution in [0.3, 0.4) is 0 Å². The van der Waals surface area contributed by atoms with Crippen LogP contribution in [0, 0.1) is 0 Å². The maximum Gasteiger partial charge on any atom is 0.329 e. The molecule has 0 aliphatic carbocycles. The van der Waals surface area contributed by atoms with Gasteiger partial charge in [-0.2, -0.15) is 0 Å². The van der Waals surface area contributed by atoms with Crippen molar-refractivity contribution >= 4 is 101 Å². The molecule has 0 N–H and O–H groups in total. The summed E-state index contributed by atoms with van der Waals surface area (Å²) in [6.07, 6.45) is 0. The number of hydrogen-bond acceptors (Lipinski definition) is 2. The van der Waals surface area contributed by atoms with Gasteiger partial charge in [0.15, 0.2) is 0 Å². The first kappa shape index (κ1) is 28.5. The number of benzene rings is 6. The molecule has 6 aromatic carbocycles. The highest BCUT2D eigenvalue weighted by Crippen LogP contribution is 2.35. The molecule has 0 amide bonds. The molecule has 0 saturated heterocycles. The fraction of sp³-hybridized carbons (Fsp3) is 0. The Bertz CT molecular complexity index is 2080. The van der Waals surface area contributed by atoms with Gasteiger partial charge in [-0.25, -0.2) is 0 Å². The summed E-state index contributed by atoms with van der Waals surface area (Å²) in [7, 11) is 0. The highest BCUT2D eigenvalue weighted by atomic mass is 79.9. The molecule has 0 spiro atoms. The molecular formula is C36H24BBr3O2. The molecule has 0 aliphatic rings. The number of rotatable bonds is 2. The first-order valence-electron chi connectivity index (χ1n) is 13.4. The third kappa shape index (κ3) is 6.12. The van der Waals surface area contributed by atoms with Gasteiger partial charge in [0.05, 0.1) is 4.47 Å². The fourth-order valence-electron chi connectivity index (χ4n) is 4.90. The van der Waals surface area contributed by atoms with Crippen LogP contribution in [-0.2, 0) is 0 Å². The van der Waals surface area contributed by atoms with E-state index in [2.05, 4.69) is 120 Å². The van der Waals surface area contributed by atoms with Gasteiger partial charge in [-0.15, -0.1) is 31.5 Å². The second-order valence-corrected chi connectivity index (χ2v) is 13.5. The Balaban J connectivity index is 0.000000121. The lowest BCUT2D eigenvalue weighted by molar-refractivity contribution is 0.667. The Morgan fingerprint density at radius 2 is 0.905 bits per heavy atom. The topological polar surface area (TPSA) is 26.3 Å². The van der Waals surface area contributed by atoms with Gasteiger partial charge in [0.2, 0.25) is 0 Å². The number of furan rings is 2. The zero-order valence-electron chi connectivity index (χ0n) is 22.4. The van der Waals surface area contributed by atoms with E-state index in [0.29, 0.717) is 0 Å². The minimum absolute atomic E-state index is 0.284. The largest absolute Gasteiger partial charge is 0.455 e. The van der Waals surface area contributed by atoms with Crippen LogP contribution < -0.4 is 5.46 Å². The van der Waals surface area contributed by atoms with E-state index in [-0.39, 0.29) is 4.36 Å². The van der Waals surface area contributed by atoms with Crippen LogP contribution in [0.4, 0.5) is 0 Å². The average molecular weight is 739 g/mol. The van der Waals surface area contributed by atoms with Gasteiger partial charge in [-0.3, -0.25) is 0 Å². The van der Waals surface area contributed by atoms with Crippen molar-refractivity contribution in [1.82, 2.24) is 0 Å². The van der Waals surface area contributed by atoms with Crippen molar-refractivity contribution in [3.8, 4) is 11.1 Å². The highest BCUT2D eigenvalue weighted by molar-refractivity contribution is 9.49. The second kappa shape index (κ2) is 13.2. The second-order valence-electron chi connectivity index (χ2n) is 9.57. The van der Waals surface area contributed by atoms with Crippen LogP contribution >= 0.6 is 47.4 Å². The van der Waals surface area contributed by atoms with Gasteiger partial charge in [-0.05, 0) is 39.7 Å². The lowest BCUT2D eigenvalue weighted by Gasteiger charge is -2.01. The summed E-state index contributed by atoms with van der Waals surface area (Å²) < 4.78 is 13.1. The van der Waals surface area contributed by atoms with E-state index < -0.39 is 0 Å². The minimum atomic E-state index is 0.284. The molecule has 42 heavy (non-hydrogen) atoms. The summed E-state index contributed by atoms with van der Waals surface area (Å²) in [5.41, 5.74) is 7.36. The van der Waals surface area contributed by atoms with Gasteiger partial charge in [-0.1, -0.05) is 133 Å². The molecule has 8 rings (SSSR count). The molecule has 0 atom stereocenters. The molecule has 0 aliphatic heterocycles. The Labute approximate surface area is 269 Å². The number of halogens is 3. The zero-order valence-corrected chi connectivity index (χ0v) is 27.1. The van der Waals surface area contributed by atoms with Crippen LogP contribution in [-0.4, -0.2) is 4.36 Å². The summed E-state index contributed by atoms with van der Waals surface area (Å²) in [6, 6.07) is 49.2. The molecule has 2 aromatic heterocycles. The molecule has 2 heterocycles. The molecule has 2 nitrogen and oxygen atoms in total. The Kier molecular flexibility index (Phi) is 8.94. The van der Waals surface area contributed by atoms with Crippen molar-refractivity contribution in [2.24, 2.45) is 0 Å². The van der Waals surface area contributed by atoms with Crippen molar-refractivity contribution in [3.63, 3.8) is 0 Å². The van der Waals surface area contributed by atoms with Crippen molar-refractivity contribution in [2.75, 3.05) is 0 Å². The van der Waals surface area contributed by atoms with Crippen molar-refractivity contribution in [1.29, 1.82) is 0 Å². The zero-order chi connectivity index (χ0) is 28.9. The van der Waals surface area contributed by atoms with Gasteiger partial charge in [0, 0.05) is 27.1 Å². The van der Waals surface area contributed by atoms with E-state index in [4.69, 9.17) is 8.83 Å². The van der Waals surface area contributed by atoms with Gasteiger partial charge in [0.25, 0.3) is 0 Å². The van der Waals surface area contributed by atoms with Crippen LogP contribution in [0.1, 0.15) is 0 Å². The van der Waals surface area contributed by atoms with Crippen LogP contribution in [0.25, 0.3) is 55.0 Å². The number of para-hydroxylation sites is 4. The van der Waals surface area contributed by atoms with Crippen LogP contribution in [0.15, 0.2) is 159 Å². The Morgan fingerprint density at radius 1 is 0.429 bits per heavy atom. The molecule has 204 valence electrons. The normalized spacial score (nSPS) is 10.7. The van der Waals surface area contributed by atoms with E-state index in [0.717, 1.165) is 37.8 Å². The molecule has 0 fully saturated rings. The minimum Gasteiger partial charge on any atom is -0.455 e. The molecule has 8 aromatic rings. The van der Waals surface area contributed by atoms with E-state index in [1.165, 1.54) is 27.2 Å². The number of fused-ring (bicyclic) bond motifs is 6. The quantitative estimate of drug-likeness (QED) is 0.165.